The molecule has 0 aliphatic heterocycles. The molecule has 0 atom stereocenters. The average Bonchev–Trinajstić information content (AvgIpc) is 3.38. The maximum atomic E-state index is 13.0. The first-order valence-corrected chi connectivity index (χ1v) is 13.2. The Labute approximate surface area is 242 Å². The number of rotatable bonds is 9. The number of carbonyl (C=O) groups excluding carboxylic acids is 2. The fraction of sp³-hybridized carbons (Fsp3) is 0.0968. The summed E-state index contributed by atoms with van der Waals surface area (Å²) in [6, 6.07) is 21.9. The van der Waals surface area contributed by atoms with Crippen LogP contribution in [0.2, 0.25) is 5.02 Å². The number of hydrogen-bond donors (Lipinski definition) is 4. The second-order valence-corrected chi connectivity index (χ2v) is 9.94. The number of nitrogens with zero attached hydrogens (tertiary/aromatic N) is 3. The van der Waals surface area contributed by atoms with Crippen molar-refractivity contribution in [3.05, 3.63) is 108 Å². The Morgan fingerprint density at radius 1 is 0.951 bits per heavy atom. The molecule has 3 aromatic carbocycles. The van der Waals surface area contributed by atoms with E-state index in [4.69, 9.17) is 11.6 Å². The number of aromatic nitrogens is 3. The van der Waals surface area contributed by atoms with E-state index in [1.165, 1.54) is 6.08 Å². The minimum absolute atomic E-state index is 0.263. The number of carbonyl (C=O) groups is 2. The van der Waals surface area contributed by atoms with E-state index in [0.29, 0.717) is 45.8 Å². The van der Waals surface area contributed by atoms with Gasteiger partial charge in [0, 0.05) is 57.9 Å². The minimum Gasteiger partial charge on any atom is -0.360 e. The molecule has 5 rings (SSSR count). The highest BCUT2D eigenvalue weighted by molar-refractivity contribution is 6.33. The summed E-state index contributed by atoms with van der Waals surface area (Å²) < 4.78 is 0. The number of anilines is 4. The quantitative estimate of drug-likeness (QED) is 0.155. The van der Waals surface area contributed by atoms with Crippen LogP contribution >= 0.6 is 11.6 Å². The summed E-state index contributed by atoms with van der Waals surface area (Å²) in [5.41, 5.74) is 4.65. The third kappa shape index (κ3) is 6.96. The van der Waals surface area contributed by atoms with Gasteiger partial charge in [-0.3, -0.25) is 9.59 Å². The maximum Gasteiger partial charge on any atom is 0.255 e. The summed E-state index contributed by atoms with van der Waals surface area (Å²) in [6.07, 6.45) is 6.68. The number of fused-ring (bicyclic) bond motifs is 1. The van der Waals surface area contributed by atoms with Gasteiger partial charge in [-0.2, -0.15) is 0 Å². The highest BCUT2D eigenvalue weighted by Gasteiger charge is 2.14. The van der Waals surface area contributed by atoms with Crippen LogP contribution in [0, 0.1) is 0 Å². The summed E-state index contributed by atoms with van der Waals surface area (Å²) in [5.74, 6) is -0.215. The largest absolute Gasteiger partial charge is 0.360 e. The van der Waals surface area contributed by atoms with Crippen molar-refractivity contribution in [1.82, 2.24) is 19.9 Å². The zero-order valence-corrected chi connectivity index (χ0v) is 23.2. The lowest BCUT2D eigenvalue weighted by molar-refractivity contribution is -0.111. The van der Waals surface area contributed by atoms with Gasteiger partial charge >= 0.3 is 0 Å². The van der Waals surface area contributed by atoms with Gasteiger partial charge in [0.2, 0.25) is 11.9 Å². The Kier molecular flexibility index (Phi) is 8.38. The smallest absolute Gasteiger partial charge is 0.255 e. The van der Waals surface area contributed by atoms with Crippen molar-refractivity contribution in [2.75, 3.05) is 36.6 Å². The molecule has 0 unspecified atom stereocenters. The molecule has 0 aliphatic carbocycles. The first-order valence-electron chi connectivity index (χ1n) is 12.9. The molecule has 2 aromatic heterocycles. The third-order valence-electron chi connectivity index (χ3n) is 6.10. The molecule has 4 N–H and O–H groups in total. The lowest BCUT2D eigenvalue weighted by Gasteiger charge is -2.11. The molecule has 2 heterocycles. The van der Waals surface area contributed by atoms with Gasteiger partial charge < -0.3 is 25.8 Å². The van der Waals surface area contributed by atoms with E-state index in [1.807, 2.05) is 61.6 Å². The molecule has 0 fully saturated rings. The summed E-state index contributed by atoms with van der Waals surface area (Å²) >= 11 is 6.46. The van der Waals surface area contributed by atoms with Crippen LogP contribution in [0.25, 0.3) is 22.2 Å². The van der Waals surface area contributed by atoms with Gasteiger partial charge in [0.15, 0.2) is 0 Å². The Balaban J connectivity index is 1.27. The van der Waals surface area contributed by atoms with Crippen molar-refractivity contribution in [3.8, 4) is 11.3 Å². The fourth-order valence-electron chi connectivity index (χ4n) is 4.18. The Hall–Kier alpha value is -4.99. The molecule has 0 radical (unpaired) electrons. The number of aromatic amines is 1. The van der Waals surface area contributed by atoms with E-state index in [1.54, 1.807) is 48.7 Å². The lowest BCUT2D eigenvalue weighted by atomic mass is 10.1. The highest BCUT2D eigenvalue weighted by Crippen LogP contribution is 2.32. The molecule has 0 spiro atoms. The van der Waals surface area contributed by atoms with Crippen LogP contribution in [0.15, 0.2) is 97.3 Å². The van der Waals surface area contributed by atoms with E-state index >= 15 is 0 Å². The minimum atomic E-state index is -0.314. The number of nitrogens with one attached hydrogen (secondary N) is 4. The molecule has 2 amide bonds. The molecule has 0 aliphatic rings. The van der Waals surface area contributed by atoms with Gasteiger partial charge in [0.05, 0.1) is 16.9 Å². The number of amides is 2. The van der Waals surface area contributed by atoms with Gasteiger partial charge in [-0.15, -0.1) is 0 Å². The summed E-state index contributed by atoms with van der Waals surface area (Å²) in [4.78, 5) is 39.3. The second-order valence-electron chi connectivity index (χ2n) is 9.53. The number of H-pyrrole nitrogens is 1. The van der Waals surface area contributed by atoms with Gasteiger partial charge in [0.1, 0.15) is 0 Å². The third-order valence-corrected chi connectivity index (χ3v) is 6.37. The van der Waals surface area contributed by atoms with Crippen LogP contribution in [0.1, 0.15) is 10.4 Å². The van der Waals surface area contributed by atoms with Crippen molar-refractivity contribution in [1.29, 1.82) is 0 Å². The fourth-order valence-corrected chi connectivity index (χ4v) is 4.38. The normalized spacial score (nSPS) is 11.2. The number of benzene rings is 3. The summed E-state index contributed by atoms with van der Waals surface area (Å²) in [5, 5.41) is 10.3. The number of para-hydroxylation sites is 1. The zero-order valence-electron chi connectivity index (χ0n) is 22.5. The van der Waals surface area contributed by atoms with E-state index in [9.17, 15) is 9.59 Å². The molecule has 0 bridgehead atoms. The predicted molar refractivity (Wildman–Crippen MR) is 165 cm³/mol. The van der Waals surface area contributed by atoms with Crippen LogP contribution in [0.4, 0.5) is 23.0 Å². The van der Waals surface area contributed by atoms with Crippen LogP contribution < -0.4 is 16.0 Å². The van der Waals surface area contributed by atoms with Crippen LogP contribution in [0.3, 0.4) is 0 Å². The van der Waals surface area contributed by atoms with Crippen molar-refractivity contribution < 1.29 is 9.59 Å². The Morgan fingerprint density at radius 2 is 1.71 bits per heavy atom. The van der Waals surface area contributed by atoms with Gasteiger partial charge in [-0.1, -0.05) is 48.0 Å². The number of likely N-dealkylation sites (N-methyl/N-ethyl adjacent to an activating group) is 1. The SMILES string of the molecule is CN(C)C/C=C/C(=O)Nc1cccc(C(=O)Nc2cccc(Nc3ncc(Cl)c(-c4c[nH]c5ccccc45)n3)c2)c1. The maximum absolute atomic E-state index is 13.0. The average molecular weight is 566 g/mol. The molecule has 5 aromatic rings. The van der Waals surface area contributed by atoms with Crippen molar-refractivity contribution >= 4 is 57.3 Å². The molecule has 0 saturated heterocycles. The van der Waals surface area contributed by atoms with Crippen molar-refractivity contribution in [2.24, 2.45) is 0 Å². The van der Waals surface area contributed by atoms with Gasteiger partial charge in [0.25, 0.3) is 5.91 Å². The van der Waals surface area contributed by atoms with E-state index in [2.05, 4.69) is 30.9 Å². The van der Waals surface area contributed by atoms with Crippen LogP contribution in [-0.4, -0.2) is 52.3 Å². The predicted octanol–water partition coefficient (Wildman–Crippen LogP) is 6.33. The molecular weight excluding hydrogens is 538 g/mol. The van der Waals surface area contributed by atoms with Crippen LogP contribution in [-0.2, 0) is 4.79 Å². The molecular formula is C31H28ClN7O2. The van der Waals surface area contributed by atoms with Gasteiger partial charge in [-0.25, -0.2) is 9.97 Å². The summed E-state index contributed by atoms with van der Waals surface area (Å²) in [6.45, 7) is 0.652. The lowest BCUT2D eigenvalue weighted by Crippen LogP contribution is -2.14. The Morgan fingerprint density at radius 3 is 2.54 bits per heavy atom. The monoisotopic (exact) mass is 565 g/mol. The zero-order chi connectivity index (χ0) is 28.8. The molecule has 41 heavy (non-hydrogen) atoms. The van der Waals surface area contributed by atoms with E-state index in [0.717, 1.165) is 16.5 Å². The molecule has 9 nitrogen and oxygen atoms in total. The molecule has 0 saturated carbocycles. The van der Waals surface area contributed by atoms with Crippen molar-refractivity contribution in [3.63, 3.8) is 0 Å². The number of hydrogen-bond acceptors (Lipinski definition) is 6. The van der Waals surface area contributed by atoms with Crippen molar-refractivity contribution in [2.45, 2.75) is 0 Å². The standard InChI is InChI=1S/C31H28ClN7O2/c1-39(2)15-7-14-28(40)35-21-9-5-8-20(16-21)30(41)36-22-10-6-11-23(17-22)37-31-34-19-26(32)29(38-31)25-18-33-27-13-4-3-12-24(25)27/h3-14,16-19,33H,15H2,1-2H3,(H,35,40)(H,36,41)(H,34,37,38)/b14-7+. The molecule has 206 valence electrons. The van der Waals surface area contributed by atoms with E-state index < -0.39 is 0 Å². The first-order chi connectivity index (χ1) is 19.9. The number of halogens is 1. The van der Waals surface area contributed by atoms with Gasteiger partial charge in [-0.05, 0) is 56.6 Å². The van der Waals surface area contributed by atoms with E-state index in [-0.39, 0.29) is 11.8 Å². The molecule has 10 heteroatoms. The first kappa shape index (κ1) is 27.6. The highest BCUT2D eigenvalue weighted by atomic mass is 35.5. The second kappa shape index (κ2) is 12.5. The Bertz CT molecular complexity index is 1750. The van der Waals surface area contributed by atoms with Crippen LogP contribution in [0.5, 0.6) is 0 Å². The summed E-state index contributed by atoms with van der Waals surface area (Å²) in [7, 11) is 3.84. The topological polar surface area (TPSA) is 115 Å².